The number of rotatable bonds is 2. The molecule has 0 saturated heterocycles. The average molecular weight is 115 g/mol. The fourth-order valence-electron chi connectivity index (χ4n) is 0.296. The van der Waals surface area contributed by atoms with Crippen LogP contribution >= 0.6 is 0 Å². The standard InChI is InChI=1S/C6H10FN/c1-2-3-4-6(7)5-8/h6H,4-5,8H2,1H3/t6-/m1/s1. The highest BCUT2D eigenvalue weighted by atomic mass is 19.1. The van der Waals surface area contributed by atoms with Crippen molar-refractivity contribution in [3.8, 4) is 11.8 Å². The number of halogens is 1. The molecule has 46 valence electrons. The highest BCUT2D eigenvalue weighted by Crippen LogP contribution is 1.91. The number of nitrogens with two attached hydrogens (primary N) is 1. The summed E-state index contributed by atoms with van der Waals surface area (Å²) in [5.41, 5.74) is 4.97. The van der Waals surface area contributed by atoms with Crippen LogP contribution in [0, 0.1) is 11.8 Å². The summed E-state index contributed by atoms with van der Waals surface area (Å²) in [5, 5.41) is 0. The maximum absolute atomic E-state index is 12.1. The predicted octanol–water partition coefficient (Wildman–Crippen LogP) is 0.697. The van der Waals surface area contributed by atoms with Crippen molar-refractivity contribution in [1.29, 1.82) is 0 Å². The third kappa shape index (κ3) is 3.63. The minimum atomic E-state index is -0.942. The van der Waals surface area contributed by atoms with Crippen LogP contribution in [0.3, 0.4) is 0 Å². The van der Waals surface area contributed by atoms with Crippen molar-refractivity contribution in [2.45, 2.75) is 19.5 Å². The molecule has 0 aromatic rings. The first-order chi connectivity index (χ1) is 3.81. The fourth-order valence-corrected chi connectivity index (χ4v) is 0.296. The van der Waals surface area contributed by atoms with Gasteiger partial charge in [-0.05, 0) is 6.92 Å². The van der Waals surface area contributed by atoms with Crippen LogP contribution < -0.4 is 5.73 Å². The van der Waals surface area contributed by atoms with Crippen molar-refractivity contribution in [3.63, 3.8) is 0 Å². The van der Waals surface area contributed by atoms with E-state index in [-0.39, 0.29) is 13.0 Å². The molecule has 0 fully saturated rings. The van der Waals surface area contributed by atoms with Gasteiger partial charge in [-0.2, -0.15) is 0 Å². The molecule has 0 saturated carbocycles. The van der Waals surface area contributed by atoms with Crippen LogP contribution in [0.5, 0.6) is 0 Å². The molecule has 8 heavy (non-hydrogen) atoms. The highest BCUT2D eigenvalue weighted by Gasteiger charge is 1.97. The Morgan fingerprint density at radius 1 is 1.75 bits per heavy atom. The zero-order valence-corrected chi connectivity index (χ0v) is 4.95. The molecule has 1 atom stereocenters. The topological polar surface area (TPSA) is 26.0 Å². The van der Waals surface area contributed by atoms with Crippen LogP contribution in [-0.4, -0.2) is 12.7 Å². The van der Waals surface area contributed by atoms with E-state index in [1.807, 2.05) is 0 Å². The quantitative estimate of drug-likeness (QED) is 0.526. The summed E-state index contributed by atoms with van der Waals surface area (Å²) in [6.07, 6.45) is -0.671. The van der Waals surface area contributed by atoms with E-state index in [9.17, 15) is 4.39 Å². The Balaban J connectivity index is 3.19. The lowest BCUT2D eigenvalue weighted by Gasteiger charge is -1.94. The third-order valence-electron chi connectivity index (χ3n) is 0.756. The van der Waals surface area contributed by atoms with E-state index >= 15 is 0 Å². The van der Waals surface area contributed by atoms with Crippen LogP contribution in [0.2, 0.25) is 0 Å². The molecule has 0 aliphatic rings. The Kier molecular flexibility index (Phi) is 4.29. The lowest BCUT2D eigenvalue weighted by molar-refractivity contribution is 0.349. The molecule has 0 aliphatic carbocycles. The summed E-state index contributed by atoms with van der Waals surface area (Å²) < 4.78 is 12.1. The Hall–Kier alpha value is -0.550. The first kappa shape index (κ1) is 7.45. The van der Waals surface area contributed by atoms with Gasteiger partial charge in [0, 0.05) is 13.0 Å². The Bertz CT molecular complexity index is 101. The number of hydrogen-bond donors (Lipinski definition) is 1. The molecule has 0 spiro atoms. The molecule has 0 aromatic heterocycles. The molecular weight excluding hydrogens is 105 g/mol. The number of alkyl halides is 1. The normalized spacial score (nSPS) is 11.9. The van der Waals surface area contributed by atoms with E-state index in [1.165, 1.54) is 0 Å². The van der Waals surface area contributed by atoms with Gasteiger partial charge in [0.2, 0.25) is 0 Å². The van der Waals surface area contributed by atoms with Gasteiger partial charge in [-0.1, -0.05) is 0 Å². The van der Waals surface area contributed by atoms with E-state index in [0.29, 0.717) is 0 Å². The van der Waals surface area contributed by atoms with Gasteiger partial charge in [-0.3, -0.25) is 0 Å². The summed E-state index contributed by atoms with van der Waals surface area (Å²) in [4.78, 5) is 0. The zero-order valence-electron chi connectivity index (χ0n) is 4.95. The van der Waals surface area contributed by atoms with Crippen LogP contribution in [0.1, 0.15) is 13.3 Å². The SMILES string of the molecule is CC#CC[C@@H](F)CN. The van der Waals surface area contributed by atoms with Gasteiger partial charge in [0.15, 0.2) is 0 Å². The van der Waals surface area contributed by atoms with Crippen molar-refractivity contribution < 1.29 is 4.39 Å². The van der Waals surface area contributed by atoms with Crippen LogP contribution in [-0.2, 0) is 0 Å². The first-order valence-corrected chi connectivity index (χ1v) is 2.55. The summed E-state index contributed by atoms with van der Waals surface area (Å²) in [5.74, 6) is 5.18. The molecule has 0 aromatic carbocycles. The van der Waals surface area contributed by atoms with Crippen LogP contribution in [0.15, 0.2) is 0 Å². The minimum Gasteiger partial charge on any atom is -0.328 e. The Morgan fingerprint density at radius 3 is 2.75 bits per heavy atom. The molecule has 0 rings (SSSR count). The molecule has 2 N–H and O–H groups in total. The Morgan fingerprint density at radius 2 is 2.38 bits per heavy atom. The maximum Gasteiger partial charge on any atom is 0.123 e. The smallest absolute Gasteiger partial charge is 0.123 e. The summed E-state index contributed by atoms with van der Waals surface area (Å²) in [6.45, 7) is 1.76. The van der Waals surface area contributed by atoms with Crippen LogP contribution in [0.25, 0.3) is 0 Å². The third-order valence-corrected chi connectivity index (χ3v) is 0.756. The first-order valence-electron chi connectivity index (χ1n) is 2.55. The molecule has 1 nitrogen and oxygen atoms in total. The summed E-state index contributed by atoms with van der Waals surface area (Å²) in [7, 11) is 0. The van der Waals surface area contributed by atoms with Crippen molar-refractivity contribution in [3.05, 3.63) is 0 Å². The van der Waals surface area contributed by atoms with Gasteiger partial charge in [0.25, 0.3) is 0 Å². The van der Waals surface area contributed by atoms with Crippen molar-refractivity contribution >= 4 is 0 Å². The van der Waals surface area contributed by atoms with E-state index in [0.717, 1.165) is 0 Å². The molecule has 0 radical (unpaired) electrons. The van der Waals surface area contributed by atoms with Gasteiger partial charge in [-0.15, -0.1) is 11.8 Å². The molecule has 0 unspecified atom stereocenters. The lowest BCUT2D eigenvalue weighted by Crippen LogP contribution is -2.13. The molecule has 0 aliphatic heterocycles. The molecule has 0 bridgehead atoms. The second-order valence-corrected chi connectivity index (χ2v) is 1.46. The highest BCUT2D eigenvalue weighted by molar-refractivity contribution is 4.96. The summed E-state index contributed by atoms with van der Waals surface area (Å²) >= 11 is 0. The molecule has 0 heterocycles. The molecule has 0 amide bonds. The minimum absolute atomic E-state index is 0.0781. The monoisotopic (exact) mass is 115 g/mol. The van der Waals surface area contributed by atoms with E-state index in [1.54, 1.807) is 6.92 Å². The van der Waals surface area contributed by atoms with Gasteiger partial charge in [0.1, 0.15) is 6.17 Å². The zero-order chi connectivity index (χ0) is 6.41. The van der Waals surface area contributed by atoms with E-state index in [4.69, 9.17) is 5.73 Å². The second-order valence-electron chi connectivity index (χ2n) is 1.46. The molecule has 2 heteroatoms. The summed E-state index contributed by atoms with van der Waals surface area (Å²) in [6, 6.07) is 0. The second kappa shape index (κ2) is 4.61. The lowest BCUT2D eigenvalue weighted by atomic mass is 10.3. The van der Waals surface area contributed by atoms with Gasteiger partial charge in [0.05, 0.1) is 0 Å². The largest absolute Gasteiger partial charge is 0.328 e. The predicted molar refractivity (Wildman–Crippen MR) is 32.0 cm³/mol. The van der Waals surface area contributed by atoms with Crippen molar-refractivity contribution in [2.24, 2.45) is 5.73 Å². The van der Waals surface area contributed by atoms with Gasteiger partial charge >= 0.3 is 0 Å². The average Bonchev–Trinajstić information content (AvgIpc) is 1.83. The van der Waals surface area contributed by atoms with E-state index in [2.05, 4.69) is 11.8 Å². The van der Waals surface area contributed by atoms with Gasteiger partial charge in [-0.25, -0.2) is 4.39 Å². The van der Waals surface area contributed by atoms with E-state index < -0.39 is 6.17 Å². The van der Waals surface area contributed by atoms with Gasteiger partial charge < -0.3 is 5.73 Å². The van der Waals surface area contributed by atoms with Crippen LogP contribution in [0.4, 0.5) is 4.39 Å². The maximum atomic E-state index is 12.1. The molecular formula is C6H10FN. The fraction of sp³-hybridized carbons (Fsp3) is 0.667. The van der Waals surface area contributed by atoms with Crippen molar-refractivity contribution in [2.75, 3.05) is 6.54 Å². The number of hydrogen-bond acceptors (Lipinski definition) is 1. The Labute approximate surface area is 49.1 Å². The van der Waals surface area contributed by atoms with Crippen molar-refractivity contribution in [1.82, 2.24) is 0 Å².